The second-order valence-corrected chi connectivity index (χ2v) is 7.87. The highest BCUT2D eigenvalue weighted by Crippen LogP contribution is 2.37. The molecule has 1 saturated heterocycles. The molecule has 1 atom stereocenters. The summed E-state index contributed by atoms with van der Waals surface area (Å²) in [6, 6.07) is 3.10. The lowest BCUT2D eigenvalue weighted by atomic mass is 9.76. The summed E-state index contributed by atoms with van der Waals surface area (Å²) in [5.74, 6) is -0.338. The summed E-state index contributed by atoms with van der Waals surface area (Å²) >= 11 is 0. The van der Waals surface area contributed by atoms with E-state index < -0.39 is 24.4 Å². The highest BCUT2D eigenvalue weighted by Gasteiger charge is 2.52. The SMILES string of the molecule is CC1(C)OB(c2ccc3c(c2F)CCCCC3NC(=O)O)OC1(C)C. The second kappa shape index (κ2) is 6.29. The monoisotopic (exact) mass is 349 g/mol. The highest BCUT2D eigenvalue weighted by molar-refractivity contribution is 6.62. The highest BCUT2D eigenvalue weighted by atomic mass is 19.1. The zero-order valence-corrected chi connectivity index (χ0v) is 15.2. The van der Waals surface area contributed by atoms with Gasteiger partial charge in [-0.15, -0.1) is 0 Å². The summed E-state index contributed by atoms with van der Waals surface area (Å²) in [5, 5.41) is 11.6. The molecule has 25 heavy (non-hydrogen) atoms. The Morgan fingerprint density at radius 2 is 1.88 bits per heavy atom. The van der Waals surface area contributed by atoms with E-state index >= 15 is 4.39 Å². The summed E-state index contributed by atoms with van der Waals surface area (Å²) in [4.78, 5) is 11.0. The molecule has 5 nitrogen and oxygen atoms in total. The largest absolute Gasteiger partial charge is 0.497 e. The van der Waals surface area contributed by atoms with Crippen molar-refractivity contribution >= 4 is 18.7 Å². The van der Waals surface area contributed by atoms with Crippen LogP contribution in [0.1, 0.15) is 64.1 Å². The maximum absolute atomic E-state index is 15.3. The third kappa shape index (κ3) is 3.27. The Morgan fingerprint density at radius 3 is 2.48 bits per heavy atom. The first-order valence-electron chi connectivity index (χ1n) is 8.78. The van der Waals surface area contributed by atoms with Crippen LogP contribution in [-0.4, -0.2) is 29.5 Å². The average molecular weight is 349 g/mol. The quantitative estimate of drug-likeness (QED) is 0.636. The van der Waals surface area contributed by atoms with Crippen molar-refractivity contribution in [3.63, 3.8) is 0 Å². The van der Waals surface area contributed by atoms with Gasteiger partial charge in [-0.05, 0) is 58.1 Å². The molecule has 1 unspecified atom stereocenters. The fraction of sp³-hybridized carbons (Fsp3) is 0.611. The van der Waals surface area contributed by atoms with E-state index in [1.165, 1.54) is 0 Å². The number of hydrogen-bond donors (Lipinski definition) is 2. The van der Waals surface area contributed by atoms with Crippen molar-refractivity contribution in [3.8, 4) is 0 Å². The topological polar surface area (TPSA) is 67.8 Å². The van der Waals surface area contributed by atoms with Crippen LogP contribution in [0.5, 0.6) is 0 Å². The molecule has 1 amide bonds. The van der Waals surface area contributed by atoms with Gasteiger partial charge in [-0.2, -0.15) is 0 Å². The van der Waals surface area contributed by atoms with E-state index in [2.05, 4.69) is 5.32 Å². The Labute approximate surface area is 148 Å². The Hall–Kier alpha value is -1.60. The molecular formula is C18H25BFNO4. The smallest absolute Gasteiger partial charge is 0.465 e. The number of halogens is 1. The van der Waals surface area contributed by atoms with Crippen molar-refractivity contribution in [3.05, 3.63) is 29.1 Å². The van der Waals surface area contributed by atoms with Crippen LogP contribution in [-0.2, 0) is 15.7 Å². The molecule has 0 saturated carbocycles. The molecule has 3 rings (SSSR count). The predicted molar refractivity (Wildman–Crippen MR) is 93.6 cm³/mol. The number of nitrogens with one attached hydrogen (secondary N) is 1. The molecule has 0 radical (unpaired) electrons. The van der Waals surface area contributed by atoms with Gasteiger partial charge in [0, 0.05) is 5.46 Å². The minimum absolute atomic E-state index is 0.338. The van der Waals surface area contributed by atoms with E-state index in [0.717, 1.165) is 18.4 Å². The van der Waals surface area contributed by atoms with Crippen LogP contribution in [0.25, 0.3) is 0 Å². The molecule has 0 spiro atoms. The number of hydrogen-bond acceptors (Lipinski definition) is 3. The first kappa shape index (κ1) is 18.2. The number of carbonyl (C=O) groups is 1. The summed E-state index contributed by atoms with van der Waals surface area (Å²) < 4.78 is 27.2. The van der Waals surface area contributed by atoms with E-state index in [1.807, 2.05) is 33.8 Å². The summed E-state index contributed by atoms with van der Waals surface area (Å²) in [6.07, 6.45) is 1.86. The van der Waals surface area contributed by atoms with Crippen LogP contribution in [0.15, 0.2) is 12.1 Å². The van der Waals surface area contributed by atoms with E-state index in [-0.39, 0.29) is 11.9 Å². The maximum atomic E-state index is 15.3. The van der Waals surface area contributed by atoms with Gasteiger partial charge in [-0.3, -0.25) is 0 Å². The standard InChI is InChI=1S/C18H25BFNO4/c1-17(2)18(3,4)25-19(24-17)13-10-9-11-12(15(13)20)7-5-6-8-14(11)21-16(22)23/h9-10,14,21H,5-8H2,1-4H3,(H,22,23). The molecule has 7 heteroatoms. The number of amides is 1. The van der Waals surface area contributed by atoms with E-state index in [1.54, 1.807) is 6.07 Å². The molecule has 1 aliphatic carbocycles. The molecule has 1 aromatic rings. The van der Waals surface area contributed by atoms with Crippen molar-refractivity contribution in [1.29, 1.82) is 0 Å². The van der Waals surface area contributed by atoms with Gasteiger partial charge in [0.15, 0.2) is 0 Å². The average Bonchev–Trinajstić information content (AvgIpc) is 2.63. The first-order valence-corrected chi connectivity index (χ1v) is 8.78. The van der Waals surface area contributed by atoms with E-state index in [9.17, 15) is 4.79 Å². The van der Waals surface area contributed by atoms with Crippen LogP contribution in [0.2, 0.25) is 0 Å². The lowest BCUT2D eigenvalue weighted by Crippen LogP contribution is -2.41. The lowest BCUT2D eigenvalue weighted by molar-refractivity contribution is 0.00578. The van der Waals surface area contributed by atoms with Crippen LogP contribution in [0.4, 0.5) is 9.18 Å². The summed E-state index contributed by atoms with van der Waals surface area (Å²) in [7, 11) is -0.760. The third-order valence-corrected chi connectivity index (χ3v) is 5.66. The number of carboxylic acid groups (broad SMARTS) is 1. The van der Waals surface area contributed by atoms with E-state index in [0.29, 0.717) is 23.9 Å². The molecule has 1 aromatic carbocycles. The Bertz CT molecular complexity index is 676. The van der Waals surface area contributed by atoms with Gasteiger partial charge in [0.05, 0.1) is 17.2 Å². The predicted octanol–water partition coefficient (Wildman–Crippen LogP) is 3.16. The van der Waals surface area contributed by atoms with Crippen molar-refractivity contribution in [2.24, 2.45) is 0 Å². The molecule has 1 aliphatic heterocycles. The van der Waals surface area contributed by atoms with E-state index in [4.69, 9.17) is 14.4 Å². The molecule has 1 fully saturated rings. The molecule has 0 bridgehead atoms. The molecule has 2 aliphatic rings. The third-order valence-electron chi connectivity index (χ3n) is 5.66. The zero-order valence-electron chi connectivity index (χ0n) is 15.2. The molecule has 136 valence electrons. The number of fused-ring (bicyclic) bond motifs is 1. The lowest BCUT2D eigenvalue weighted by Gasteiger charge is -2.32. The van der Waals surface area contributed by atoms with Gasteiger partial charge < -0.3 is 19.7 Å². The van der Waals surface area contributed by atoms with Gasteiger partial charge in [-0.25, -0.2) is 9.18 Å². The minimum Gasteiger partial charge on any atom is -0.465 e. The van der Waals surface area contributed by atoms with Crippen molar-refractivity contribution in [2.45, 2.75) is 70.6 Å². The van der Waals surface area contributed by atoms with Crippen LogP contribution < -0.4 is 10.8 Å². The Kier molecular flexibility index (Phi) is 4.58. The first-order chi connectivity index (χ1) is 11.6. The van der Waals surface area contributed by atoms with Gasteiger partial charge >= 0.3 is 13.2 Å². The second-order valence-electron chi connectivity index (χ2n) is 7.87. The number of benzene rings is 1. The minimum atomic E-state index is -1.09. The fourth-order valence-electron chi connectivity index (χ4n) is 3.49. The van der Waals surface area contributed by atoms with Crippen molar-refractivity contribution < 1.29 is 23.6 Å². The molecule has 0 aromatic heterocycles. The van der Waals surface area contributed by atoms with Crippen LogP contribution >= 0.6 is 0 Å². The van der Waals surface area contributed by atoms with Crippen molar-refractivity contribution in [1.82, 2.24) is 5.32 Å². The fourth-order valence-corrected chi connectivity index (χ4v) is 3.49. The summed E-state index contributed by atoms with van der Waals surface area (Å²) in [5.41, 5.74) is 0.601. The molecule has 1 heterocycles. The normalized spacial score (nSPS) is 24.5. The zero-order chi connectivity index (χ0) is 18.4. The van der Waals surface area contributed by atoms with Gasteiger partial charge in [0.2, 0.25) is 0 Å². The summed E-state index contributed by atoms with van der Waals surface area (Å²) in [6.45, 7) is 7.73. The maximum Gasteiger partial charge on any atom is 0.497 e. The Balaban J connectivity index is 1.97. The molecular weight excluding hydrogens is 324 g/mol. The Morgan fingerprint density at radius 1 is 1.24 bits per heavy atom. The van der Waals surface area contributed by atoms with Gasteiger partial charge in [-0.1, -0.05) is 18.6 Å². The van der Waals surface area contributed by atoms with Crippen molar-refractivity contribution in [2.75, 3.05) is 0 Å². The van der Waals surface area contributed by atoms with Crippen LogP contribution in [0.3, 0.4) is 0 Å². The molecule has 2 N–H and O–H groups in total. The van der Waals surface area contributed by atoms with Crippen LogP contribution in [0, 0.1) is 5.82 Å². The van der Waals surface area contributed by atoms with Gasteiger partial charge in [0.1, 0.15) is 5.82 Å². The van der Waals surface area contributed by atoms with Gasteiger partial charge in [0.25, 0.3) is 0 Å². The number of rotatable bonds is 2.